The molecule has 0 spiro atoms. The van der Waals surface area contributed by atoms with Gasteiger partial charge in [0.15, 0.2) is 0 Å². The molecule has 7 heteroatoms. The molecule has 0 atom stereocenters. The van der Waals surface area contributed by atoms with E-state index in [2.05, 4.69) is 10.5 Å². The SMILES string of the molecule is CCC(=NO)C(=O)c1ccccc1S(=O)(=O)c1ccc(NC)cc1. The van der Waals surface area contributed by atoms with E-state index < -0.39 is 15.6 Å². The second-order valence-corrected chi connectivity index (χ2v) is 6.92. The number of carbonyl (C=O) groups is 1. The lowest BCUT2D eigenvalue weighted by Gasteiger charge is -2.10. The molecule has 6 nitrogen and oxygen atoms in total. The molecule has 2 aromatic carbocycles. The van der Waals surface area contributed by atoms with Crippen molar-refractivity contribution in [1.29, 1.82) is 0 Å². The number of hydrogen-bond acceptors (Lipinski definition) is 6. The quantitative estimate of drug-likeness (QED) is 0.363. The van der Waals surface area contributed by atoms with Gasteiger partial charge in [-0.25, -0.2) is 8.42 Å². The van der Waals surface area contributed by atoms with Crippen LogP contribution in [0.2, 0.25) is 0 Å². The molecule has 0 heterocycles. The van der Waals surface area contributed by atoms with E-state index in [0.29, 0.717) is 0 Å². The molecule has 126 valence electrons. The Bertz CT molecular complexity index is 872. The van der Waals surface area contributed by atoms with Gasteiger partial charge in [-0.1, -0.05) is 24.2 Å². The minimum atomic E-state index is -3.87. The highest BCUT2D eigenvalue weighted by Gasteiger charge is 2.26. The van der Waals surface area contributed by atoms with Crippen LogP contribution >= 0.6 is 0 Å². The maximum absolute atomic E-state index is 12.9. The third-order valence-electron chi connectivity index (χ3n) is 3.59. The fourth-order valence-corrected chi connectivity index (χ4v) is 3.70. The molecular weight excluding hydrogens is 328 g/mol. The first-order valence-corrected chi connectivity index (χ1v) is 8.81. The summed E-state index contributed by atoms with van der Waals surface area (Å²) < 4.78 is 25.8. The van der Waals surface area contributed by atoms with Crippen LogP contribution in [-0.2, 0) is 9.84 Å². The third-order valence-corrected chi connectivity index (χ3v) is 5.42. The summed E-state index contributed by atoms with van der Waals surface area (Å²) in [6.45, 7) is 1.65. The van der Waals surface area contributed by atoms with Gasteiger partial charge in [0.05, 0.1) is 9.79 Å². The van der Waals surface area contributed by atoms with Crippen LogP contribution in [0.4, 0.5) is 5.69 Å². The molecule has 0 saturated heterocycles. The maximum atomic E-state index is 12.9. The molecule has 2 N–H and O–H groups in total. The fraction of sp³-hybridized carbons (Fsp3) is 0.176. The summed E-state index contributed by atoms with van der Waals surface area (Å²) in [5.74, 6) is -0.606. The number of benzene rings is 2. The van der Waals surface area contributed by atoms with E-state index in [1.807, 2.05) is 0 Å². The summed E-state index contributed by atoms with van der Waals surface area (Å²) >= 11 is 0. The van der Waals surface area contributed by atoms with Gasteiger partial charge < -0.3 is 10.5 Å². The largest absolute Gasteiger partial charge is 0.411 e. The van der Waals surface area contributed by atoms with Gasteiger partial charge in [0.2, 0.25) is 15.6 Å². The third kappa shape index (κ3) is 3.30. The van der Waals surface area contributed by atoms with E-state index in [0.717, 1.165) is 5.69 Å². The van der Waals surface area contributed by atoms with Crippen molar-refractivity contribution in [2.24, 2.45) is 5.16 Å². The van der Waals surface area contributed by atoms with Crippen LogP contribution in [-0.4, -0.2) is 32.2 Å². The predicted molar refractivity (Wildman–Crippen MR) is 91.7 cm³/mol. The monoisotopic (exact) mass is 346 g/mol. The summed E-state index contributed by atoms with van der Waals surface area (Å²) in [5.41, 5.74) is 0.673. The Morgan fingerprint density at radius 3 is 2.29 bits per heavy atom. The number of sulfone groups is 1. The Morgan fingerprint density at radius 1 is 1.12 bits per heavy atom. The zero-order valence-corrected chi connectivity index (χ0v) is 14.2. The predicted octanol–water partition coefficient (Wildman–Crippen LogP) is 2.98. The molecule has 0 fully saturated rings. The van der Waals surface area contributed by atoms with Gasteiger partial charge in [-0.15, -0.1) is 0 Å². The van der Waals surface area contributed by atoms with Crippen molar-refractivity contribution in [3.05, 3.63) is 54.1 Å². The van der Waals surface area contributed by atoms with Crippen molar-refractivity contribution in [2.75, 3.05) is 12.4 Å². The first-order chi connectivity index (χ1) is 11.5. The molecule has 2 rings (SSSR count). The second-order valence-electron chi connectivity index (χ2n) is 5.00. The number of anilines is 1. The molecular formula is C17H18N2O4S. The number of nitrogens with one attached hydrogen (secondary N) is 1. The highest BCUT2D eigenvalue weighted by atomic mass is 32.2. The molecule has 2 aromatic rings. The van der Waals surface area contributed by atoms with Crippen LogP contribution in [0.25, 0.3) is 0 Å². The van der Waals surface area contributed by atoms with Gasteiger partial charge >= 0.3 is 0 Å². The number of carbonyl (C=O) groups excluding carboxylic acids is 1. The number of nitrogens with zero attached hydrogens (tertiary/aromatic N) is 1. The molecule has 0 bridgehead atoms. The minimum absolute atomic E-state index is 0.00940. The number of oxime groups is 1. The van der Waals surface area contributed by atoms with Crippen LogP contribution in [0.3, 0.4) is 0 Å². The Kier molecular flexibility index (Phi) is 5.35. The molecule has 0 radical (unpaired) electrons. The molecule has 0 aromatic heterocycles. The van der Waals surface area contributed by atoms with Crippen molar-refractivity contribution in [2.45, 2.75) is 23.1 Å². The van der Waals surface area contributed by atoms with Crippen molar-refractivity contribution < 1.29 is 18.4 Å². The average Bonchev–Trinajstić information content (AvgIpc) is 2.62. The summed E-state index contributed by atoms with van der Waals surface area (Å²) in [6, 6.07) is 12.1. The van der Waals surface area contributed by atoms with Gasteiger partial charge in [0, 0.05) is 18.3 Å². The zero-order valence-electron chi connectivity index (χ0n) is 13.4. The summed E-state index contributed by atoms with van der Waals surface area (Å²) in [4.78, 5) is 12.4. The van der Waals surface area contributed by atoms with Crippen molar-refractivity contribution in [3.63, 3.8) is 0 Å². The standard InChI is InChI=1S/C17H18N2O4S/c1-3-15(19-21)17(20)14-6-4-5-7-16(14)24(22,23)13-10-8-12(18-2)9-11-13/h4-11,18,21H,3H2,1-2H3. The fourth-order valence-electron chi connectivity index (χ4n) is 2.25. The zero-order chi connectivity index (χ0) is 17.7. The molecule has 0 aliphatic rings. The highest BCUT2D eigenvalue weighted by molar-refractivity contribution is 7.91. The Morgan fingerprint density at radius 2 is 1.75 bits per heavy atom. The molecule has 0 aliphatic carbocycles. The van der Waals surface area contributed by atoms with E-state index in [1.165, 1.54) is 24.3 Å². The van der Waals surface area contributed by atoms with E-state index in [-0.39, 0.29) is 27.5 Å². The molecule has 0 unspecified atom stereocenters. The molecule has 0 amide bonds. The Labute approximate surface area is 140 Å². The van der Waals surface area contributed by atoms with E-state index in [4.69, 9.17) is 5.21 Å². The number of Topliss-reactive ketones (excluding diaryl/α,β-unsaturated/α-hetero) is 1. The number of hydrogen-bond donors (Lipinski definition) is 2. The van der Waals surface area contributed by atoms with Crippen molar-refractivity contribution >= 4 is 27.0 Å². The molecule has 24 heavy (non-hydrogen) atoms. The van der Waals surface area contributed by atoms with E-state index >= 15 is 0 Å². The van der Waals surface area contributed by atoms with Gasteiger partial charge in [0.25, 0.3) is 0 Å². The van der Waals surface area contributed by atoms with Crippen LogP contribution in [0.5, 0.6) is 0 Å². The van der Waals surface area contributed by atoms with Crippen LogP contribution in [0.15, 0.2) is 63.5 Å². The summed E-state index contributed by atoms with van der Waals surface area (Å²) in [6.07, 6.45) is 0.195. The maximum Gasteiger partial charge on any atom is 0.211 e. The lowest BCUT2D eigenvalue weighted by molar-refractivity contribution is 0.105. The normalized spacial score (nSPS) is 12.0. The van der Waals surface area contributed by atoms with E-state index in [1.54, 1.807) is 38.2 Å². The minimum Gasteiger partial charge on any atom is -0.411 e. The average molecular weight is 346 g/mol. The van der Waals surface area contributed by atoms with Gasteiger partial charge in [-0.2, -0.15) is 0 Å². The first kappa shape index (κ1) is 17.7. The van der Waals surface area contributed by atoms with Crippen LogP contribution in [0, 0.1) is 0 Å². The highest BCUT2D eigenvalue weighted by Crippen LogP contribution is 2.26. The van der Waals surface area contributed by atoms with E-state index in [9.17, 15) is 13.2 Å². The van der Waals surface area contributed by atoms with Gasteiger partial charge in [-0.05, 0) is 42.8 Å². The lowest BCUT2D eigenvalue weighted by atomic mass is 10.1. The summed E-state index contributed by atoms with van der Waals surface area (Å²) in [7, 11) is -2.14. The number of rotatable bonds is 6. The van der Waals surface area contributed by atoms with Crippen LogP contribution < -0.4 is 5.32 Å². The van der Waals surface area contributed by atoms with Gasteiger partial charge in [0.1, 0.15) is 5.71 Å². The topological polar surface area (TPSA) is 95.8 Å². The second kappa shape index (κ2) is 7.27. The Hall–Kier alpha value is -2.67. The summed E-state index contributed by atoms with van der Waals surface area (Å²) in [5, 5.41) is 14.8. The Balaban J connectivity index is 2.57. The smallest absolute Gasteiger partial charge is 0.211 e. The molecule has 0 saturated carbocycles. The van der Waals surface area contributed by atoms with Crippen molar-refractivity contribution in [3.8, 4) is 0 Å². The first-order valence-electron chi connectivity index (χ1n) is 7.33. The van der Waals surface area contributed by atoms with Crippen molar-refractivity contribution in [1.82, 2.24) is 0 Å². The lowest BCUT2D eigenvalue weighted by Crippen LogP contribution is -2.17. The van der Waals surface area contributed by atoms with Gasteiger partial charge in [-0.3, -0.25) is 4.79 Å². The van der Waals surface area contributed by atoms with Crippen LogP contribution in [0.1, 0.15) is 23.7 Å². The number of ketones is 1. The molecule has 0 aliphatic heterocycles.